The number of allylic oxidation sites excluding steroid dienone is 1. The number of carbonyl (C=O) groups is 1. The fraction of sp³-hybridized carbons (Fsp3) is 0.588. The number of nitrogens with one attached hydrogen (secondary N) is 2. The quantitative estimate of drug-likeness (QED) is 0.758. The van der Waals surface area contributed by atoms with E-state index in [0.29, 0.717) is 5.69 Å². The van der Waals surface area contributed by atoms with Crippen LogP contribution in [0, 0.1) is 0 Å². The second-order valence-corrected chi connectivity index (χ2v) is 5.85. The van der Waals surface area contributed by atoms with Crippen molar-refractivity contribution >= 4 is 11.7 Å². The molecule has 0 fully saturated rings. The van der Waals surface area contributed by atoms with Crippen LogP contribution in [0.25, 0.3) is 0 Å². The van der Waals surface area contributed by atoms with E-state index in [1.807, 2.05) is 13.8 Å². The van der Waals surface area contributed by atoms with Crippen molar-refractivity contribution in [2.45, 2.75) is 58.4 Å². The largest absolute Gasteiger partial charge is 0.368 e. The molecule has 5 nitrogen and oxygen atoms in total. The van der Waals surface area contributed by atoms with Crippen LogP contribution in [0.3, 0.4) is 0 Å². The Balaban J connectivity index is 1.78. The Morgan fingerprint density at radius 3 is 2.82 bits per heavy atom. The Hall–Kier alpha value is -1.91. The lowest BCUT2D eigenvalue weighted by Gasteiger charge is -2.13. The van der Waals surface area contributed by atoms with Crippen molar-refractivity contribution in [1.82, 2.24) is 15.3 Å². The highest BCUT2D eigenvalue weighted by Crippen LogP contribution is 2.19. The van der Waals surface area contributed by atoms with E-state index in [-0.39, 0.29) is 11.9 Å². The standard InChI is InChI=1S/C17H26N4O/c1-3-13(2)21-17(22)15-11-20-16(12-19-15)18-10-9-14-7-5-4-6-8-14/h7,11-13H,3-6,8-10H2,1-2H3,(H,18,20)(H,21,22). The van der Waals surface area contributed by atoms with Crippen molar-refractivity contribution in [3.63, 3.8) is 0 Å². The summed E-state index contributed by atoms with van der Waals surface area (Å²) < 4.78 is 0. The zero-order valence-electron chi connectivity index (χ0n) is 13.6. The molecule has 2 rings (SSSR count). The molecule has 0 aromatic carbocycles. The van der Waals surface area contributed by atoms with Crippen LogP contribution in [-0.2, 0) is 0 Å². The van der Waals surface area contributed by atoms with Crippen molar-refractivity contribution in [2.75, 3.05) is 11.9 Å². The number of hydrogen-bond donors (Lipinski definition) is 2. The average molecular weight is 302 g/mol. The molecule has 2 N–H and O–H groups in total. The van der Waals surface area contributed by atoms with Gasteiger partial charge in [0.25, 0.3) is 5.91 Å². The van der Waals surface area contributed by atoms with E-state index in [4.69, 9.17) is 0 Å². The van der Waals surface area contributed by atoms with Crippen molar-refractivity contribution < 1.29 is 4.79 Å². The summed E-state index contributed by atoms with van der Waals surface area (Å²) in [6, 6.07) is 0.149. The third-order valence-electron chi connectivity index (χ3n) is 4.01. The number of aromatic nitrogens is 2. The zero-order chi connectivity index (χ0) is 15.8. The first-order valence-corrected chi connectivity index (χ1v) is 8.23. The first kappa shape index (κ1) is 16.5. The summed E-state index contributed by atoms with van der Waals surface area (Å²) in [5, 5.41) is 6.15. The molecule has 0 aliphatic heterocycles. The van der Waals surface area contributed by atoms with Gasteiger partial charge in [0.05, 0.1) is 12.4 Å². The van der Waals surface area contributed by atoms with Crippen LogP contribution >= 0.6 is 0 Å². The summed E-state index contributed by atoms with van der Waals surface area (Å²) in [7, 11) is 0. The number of carbonyl (C=O) groups excluding carboxylic acids is 1. The zero-order valence-corrected chi connectivity index (χ0v) is 13.6. The van der Waals surface area contributed by atoms with Crippen LogP contribution in [0.5, 0.6) is 0 Å². The number of rotatable bonds is 7. The number of nitrogens with zero attached hydrogens (tertiary/aromatic N) is 2. The normalized spacial score (nSPS) is 15.8. The van der Waals surface area contributed by atoms with Gasteiger partial charge < -0.3 is 10.6 Å². The summed E-state index contributed by atoms with van der Waals surface area (Å²) >= 11 is 0. The molecular formula is C17H26N4O. The van der Waals surface area contributed by atoms with Crippen LogP contribution in [0.1, 0.15) is 62.9 Å². The lowest BCUT2D eigenvalue weighted by molar-refractivity contribution is 0.0934. The Kier molecular flexibility index (Phi) is 6.37. The molecule has 1 aliphatic carbocycles. The SMILES string of the molecule is CCC(C)NC(=O)c1cnc(NCCC2=CCCCC2)cn1. The summed E-state index contributed by atoms with van der Waals surface area (Å²) in [4.78, 5) is 20.3. The highest BCUT2D eigenvalue weighted by atomic mass is 16.1. The Labute approximate surface area is 132 Å². The number of anilines is 1. The molecule has 5 heteroatoms. The maximum Gasteiger partial charge on any atom is 0.271 e. The van der Waals surface area contributed by atoms with Crippen LogP contribution in [0.4, 0.5) is 5.82 Å². The lowest BCUT2D eigenvalue weighted by Crippen LogP contribution is -2.32. The van der Waals surface area contributed by atoms with E-state index in [0.717, 1.165) is 25.2 Å². The minimum Gasteiger partial charge on any atom is -0.368 e. The number of hydrogen-bond acceptors (Lipinski definition) is 4. The highest BCUT2D eigenvalue weighted by molar-refractivity contribution is 5.92. The van der Waals surface area contributed by atoms with Crippen LogP contribution in [0.15, 0.2) is 24.0 Å². The summed E-state index contributed by atoms with van der Waals surface area (Å²) in [5.41, 5.74) is 1.90. The van der Waals surface area contributed by atoms with Crippen molar-refractivity contribution in [3.8, 4) is 0 Å². The smallest absolute Gasteiger partial charge is 0.271 e. The Morgan fingerprint density at radius 2 is 2.18 bits per heavy atom. The van der Waals surface area contributed by atoms with Gasteiger partial charge in [0, 0.05) is 12.6 Å². The second kappa shape index (κ2) is 8.51. The number of amides is 1. The van der Waals surface area contributed by atoms with E-state index in [1.165, 1.54) is 37.5 Å². The molecule has 0 saturated carbocycles. The first-order chi connectivity index (χ1) is 10.7. The molecule has 1 heterocycles. The van der Waals surface area contributed by atoms with Gasteiger partial charge in [-0.3, -0.25) is 4.79 Å². The fourth-order valence-corrected chi connectivity index (χ4v) is 2.42. The van der Waals surface area contributed by atoms with Crippen LogP contribution < -0.4 is 10.6 Å². The van der Waals surface area contributed by atoms with Gasteiger partial charge in [-0.15, -0.1) is 0 Å². The van der Waals surface area contributed by atoms with Crippen LogP contribution in [-0.4, -0.2) is 28.5 Å². The van der Waals surface area contributed by atoms with Gasteiger partial charge in [-0.25, -0.2) is 9.97 Å². The molecule has 1 aromatic rings. The molecule has 1 aliphatic rings. The van der Waals surface area contributed by atoms with Crippen molar-refractivity contribution in [3.05, 3.63) is 29.7 Å². The maximum absolute atomic E-state index is 11.9. The van der Waals surface area contributed by atoms with Gasteiger partial charge in [0.2, 0.25) is 0 Å². The van der Waals surface area contributed by atoms with Gasteiger partial charge in [-0.1, -0.05) is 18.6 Å². The minimum atomic E-state index is -0.166. The molecule has 0 bridgehead atoms. The fourth-order valence-electron chi connectivity index (χ4n) is 2.42. The van der Waals surface area contributed by atoms with Gasteiger partial charge in [0.1, 0.15) is 11.5 Å². The van der Waals surface area contributed by atoms with Gasteiger partial charge in [-0.2, -0.15) is 0 Å². The Morgan fingerprint density at radius 1 is 1.32 bits per heavy atom. The van der Waals surface area contributed by atoms with E-state index >= 15 is 0 Å². The van der Waals surface area contributed by atoms with E-state index < -0.39 is 0 Å². The minimum absolute atomic E-state index is 0.149. The predicted octanol–water partition coefficient (Wildman–Crippen LogP) is 3.31. The molecule has 0 saturated heterocycles. The van der Waals surface area contributed by atoms with Gasteiger partial charge in [-0.05, 0) is 45.4 Å². The van der Waals surface area contributed by atoms with Gasteiger partial charge in [0.15, 0.2) is 0 Å². The Bertz CT molecular complexity index is 510. The third-order valence-corrected chi connectivity index (χ3v) is 4.01. The van der Waals surface area contributed by atoms with E-state index in [2.05, 4.69) is 26.7 Å². The van der Waals surface area contributed by atoms with E-state index in [1.54, 1.807) is 6.20 Å². The molecule has 1 unspecified atom stereocenters. The second-order valence-electron chi connectivity index (χ2n) is 5.85. The molecule has 0 radical (unpaired) electrons. The predicted molar refractivity (Wildman–Crippen MR) is 88.9 cm³/mol. The average Bonchev–Trinajstić information content (AvgIpc) is 2.56. The third kappa shape index (κ3) is 5.13. The lowest BCUT2D eigenvalue weighted by atomic mass is 9.97. The van der Waals surface area contributed by atoms with Crippen LogP contribution in [0.2, 0.25) is 0 Å². The molecule has 120 valence electrons. The molecule has 1 aromatic heterocycles. The van der Waals surface area contributed by atoms with Gasteiger partial charge >= 0.3 is 0 Å². The molecule has 0 spiro atoms. The molecule has 1 amide bonds. The molecule has 1 atom stereocenters. The van der Waals surface area contributed by atoms with E-state index in [9.17, 15) is 4.79 Å². The monoisotopic (exact) mass is 302 g/mol. The van der Waals surface area contributed by atoms with Crippen molar-refractivity contribution in [2.24, 2.45) is 0 Å². The topological polar surface area (TPSA) is 66.9 Å². The molecular weight excluding hydrogens is 276 g/mol. The maximum atomic E-state index is 11.9. The highest BCUT2D eigenvalue weighted by Gasteiger charge is 2.10. The molecule has 22 heavy (non-hydrogen) atoms. The summed E-state index contributed by atoms with van der Waals surface area (Å²) in [5.74, 6) is 0.553. The summed E-state index contributed by atoms with van der Waals surface area (Å²) in [6.07, 6.45) is 12.5. The first-order valence-electron chi connectivity index (χ1n) is 8.23. The summed E-state index contributed by atoms with van der Waals surface area (Å²) in [6.45, 7) is 4.87. The van der Waals surface area contributed by atoms with Crippen molar-refractivity contribution in [1.29, 1.82) is 0 Å².